The van der Waals surface area contributed by atoms with Crippen molar-refractivity contribution < 1.29 is 0 Å². The highest BCUT2D eigenvalue weighted by atomic mass is 15.3. The molecule has 0 radical (unpaired) electrons. The highest BCUT2D eigenvalue weighted by Gasteiger charge is 2.00. The summed E-state index contributed by atoms with van der Waals surface area (Å²) in [6, 6.07) is 8.29. The lowest BCUT2D eigenvalue weighted by atomic mass is 10.2. The molecule has 0 aliphatic rings. The van der Waals surface area contributed by atoms with Gasteiger partial charge in [0.15, 0.2) is 0 Å². The fourth-order valence-corrected chi connectivity index (χ4v) is 1.50. The third-order valence-corrected chi connectivity index (χ3v) is 2.31. The summed E-state index contributed by atoms with van der Waals surface area (Å²) in [6.45, 7) is 1.96. The average Bonchev–Trinajstić information content (AvgIpc) is 2.58. The molecule has 1 aromatic carbocycles. The molecule has 0 saturated carbocycles. The van der Waals surface area contributed by atoms with Gasteiger partial charge < -0.3 is 4.90 Å². The maximum atomic E-state index is 4.36. The Labute approximate surface area is 83.9 Å². The Morgan fingerprint density at radius 1 is 1.29 bits per heavy atom. The Morgan fingerprint density at radius 3 is 2.86 bits per heavy atom. The van der Waals surface area contributed by atoms with Crippen LogP contribution in [0.4, 0.5) is 0 Å². The minimum absolute atomic E-state index is 0.945. The molecule has 0 N–H and O–H groups in total. The van der Waals surface area contributed by atoms with E-state index in [0.717, 1.165) is 13.1 Å². The van der Waals surface area contributed by atoms with Gasteiger partial charge in [0, 0.05) is 11.9 Å². The largest absolute Gasteiger partial charge is 0.308 e. The van der Waals surface area contributed by atoms with Crippen molar-refractivity contribution in [2.75, 3.05) is 20.6 Å². The smallest absolute Gasteiger partial charge is 0.0682 e. The quantitative estimate of drug-likeness (QED) is 0.731. The zero-order chi connectivity index (χ0) is 9.97. The molecule has 1 aromatic heterocycles. The van der Waals surface area contributed by atoms with E-state index in [9.17, 15) is 0 Å². The van der Waals surface area contributed by atoms with E-state index in [2.05, 4.69) is 47.0 Å². The molecule has 0 aliphatic heterocycles. The summed E-state index contributed by atoms with van der Waals surface area (Å²) >= 11 is 0. The summed E-state index contributed by atoms with van der Waals surface area (Å²) in [4.78, 5) is 2.16. The first-order valence-electron chi connectivity index (χ1n) is 4.82. The van der Waals surface area contributed by atoms with Crippen LogP contribution in [-0.2, 0) is 6.54 Å². The van der Waals surface area contributed by atoms with Crippen molar-refractivity contribution in [3.8, 4) is 0 Å². The predicted octanol–water partition coefficient (Wildman–Crippen LogP) is 1.60. The molecule has 74 valence electrons. The van der Waals surface area contributed by atoms with Gasteiger partial charge in [-0.15, -0.1) is 0 Å². The minimum atomic E-state index is 0.945. The lowest BCUT2D eigenvalue weighted by Gasteiger charge is -2.09. The molecule has 3 heteroatoms. The van der Waals surface area contributed by atoms with Gasteiger partial charge in [-0.3, -0.25) is 4.68 Å². The minimum Gasteiger partial charge on any atom is -0.308 e. The van der Waals surface area contributed by atoms with Gasteiger partial charge in [0.25, 0.3) is 0 Å². The summed E-state index contributed by atoms with van der Waals surface area (Å²) in [6.07, 6.45) is 1.92. The van der Waals surface area contributed by atoms with Gasteiger partial charge in [0.2, 0.25) is 0 Å². The molecule has 0 fully saturated rings. The SMILES string of the molecule is CN(C)CCn1ncc2ccccc21. The van der Waals surface area contributed by atoms with Gasteiger partial charge in [-0.1, -0.05) is 18.2 Å². The monoisotopic (exact) mass is 189 g/mol. The molecule has 0 saturated heterocycles. The second-order valence-electron chi connectivity index (χ2n) is 3.73. The molecular weight excluding hydrogens is 174 g/mol. The lowest BCUT2D eigenvalue weighted by Crippen LogP contribution is -2.18. The number of hydrogen-bond acceptors (Lipinski definition) is 2. The van der Waals surface area contributed by atoms with Gasteiger partial charge in [-0.05, 0) is 20.2 Å². The van der Waals surface area contributed by atoms with E-state index in [4.69, 9.17) is 0 Å². The third kappa shape index (κ3) is 1.77. The standard InChI is InChI=1S/C11H15N3/c1-13(2)7-8-14-11-6-4-3-5-10(11)9-12-14/h3-6,9H,7-8H2,1-2H3. The van der Waals surface area contributed by atoms with Crippen LogP contribution in [0.15, 0.2) is 30.5 Å². The van der Waals surface area contributed by atoms with Gasteiger partial charge in [-0.2, -0.15) is 5.10 Å². The van der Waals surface area contributed by atoms with Crippen LogP contribution in [0.2, 0.25) is 0 Å². The Hall–Kier alpha value is -1.35. The van der Waals surface area contributed by atoms with E-state index < -0.39 is 0 Å². The number of benzene rings is 1. The van der Waals surface area contributed by atoms with E-state index in [-0.39, 0.29) is 0 Å². The average molecular weight is 189 g/mol. The van der Waals surface area contributed by atoms with Crippen LogP contribution in [0.25, 0.3) is 10.9 Å². The first kappa shape index (κ1) is 9.21. The summed E-state index contributed by atoms with van der Waals surface area (Å²) in [5, 5.41) is 5.57. The topological polar surface area (TPSA) is 21.1 Å². The lowest BCUT2D eigenvalue weighted by molar-refractivity contribution is 0.377. The fourth-order valence-electron chi connectivity index (χ4n) is 1.50. The summed E-state index contributed by atoms with van der Waals surface area (Å²) in [5.41, 5.74) is 1.22. The molecule has 3 nitrogen and oxygen atoms in total. The van der Waals surface area contributed by atoms with Crippen LogP contribution in [0.1, 0.15) is 0 Å². The van der Waals surface area contributed by atoms with Gasteiger partial charge >= 0.3 is 0 Å². The maximum Gasteiger partial charge on any atom is 0.0682 e. The normalized spacial score (nSPS) is 11.4. The van der Waals surface area contributed by atoms with Crippen molar-refractivity contribution in [3.63, 3.8) is 0 Å². The Balaban J connectivity index is 2.25. The maximum absolute atomic E-state index is 4.36. The Morgan fingerprint density at radius 2 is 2.07 bits per heavy atom. The highest BCUT2D eigenvalue weighted by Crippen LogP contribution is 2.11. The van der Waals surface area contributed by atoms with Crippen molar-refractivity contribution in [1.29, 1.82) is 0 Å². The van der Waals surface area contributed by atoms with Crippen LogP contribution in [-0.4, -0.2) is 35.3 Å². The molecule has 1 heterocycles. The molecule has 2 rings (SSSR count). The van der Waals surface area contributed by atoms with Crippen molar-refractivity contribution >= 4 is 10.9 Å². The summed E-state index contributed by atoms with van der Waals surface area (Å²) < 4.78 is 2.05. The molecule has 2 aromatic rings. The second-order valence-corrected chi connectivity index (χ2v) is 3.73. The van der Waals surface area contributed by atoms with Gasteiger partial charge in [-0.25, -0.2) is 0 Å². The number of fused-ring (bicyclic) bond motifs is 1. The molecule has 0 atom stereocenters. The van der Waals surface area contributed by atoms with E-state index in [1.54, 1.807) is 0 Å². The molecule has 14 heavy (non-hydrogen) atoms. The molecule has 0 amide bonds. The first-order chi connectivity index (χ1) is 6.77. The fraction of sp³-hybridized carbons (Fsp3) is 0.364. The van der Waals surface area contributed by atoms with Gasteiger partial charge in [0.05, 0.1) is 18.3 Å². The number of likely N-dealkylation sites (N-methyl/N-ethyl adjacent to an activating group) is 1. The van der Waals surface area contributed by atoms with Crippen LogP contribution in [0.5, 0.6) is 0 Å². The van der Waals surface area contributed by atoms with Crippen molar-refractivity contribution in [1.82, 2.24) is 14.7 Å². The van der Waals surface area contributed by atoms with Crippen LogP contribution in [0.3, 0.4) is 0 Å². The highest BCUT2D eigenvalue weighted by molar-refractivity contribution is 5.78. The van der Waals surface area contributed by atoms with Crippen LogP contribution >= 0.6 is 0 Å². The van der Waals surface area contributed by atoms with Crippen molar-refractivity contribution in [3.05, 3.63) is 30.5 Å². The van der Waals surface area contributed by atoms with Gasteiger partial charge in [0.1, 0.15) is 0 Å². The first-order valence-corrected chi connectivity index (χ1v) is 4.82. The van der Waals surface area contributed by atoms with E-state index in [0.29, 0.717) is 0 Å². The second kappa shape index (κ2) is 3.80. The van der Waals surface area contributed by atoms with E-state index in [1.807, 2.05) is 12.3 Å². The molecular formula is C11H15N3. The van der Waals surface area contributed by atoms with Crippen LogP contribution in [0, 0.1) is 0 Å². The molecule has 0 spiro atoms. The van der Waals surface area contributed by atoms with E-state index in [1.165, 1.54) is 10.9 Å². The third-order valence-electron chi connectivity index (χ3n) is 2.31. The molecule has 0 bridgehead atoms. The van der Waals surface area contributed by atoms with Crippen LogP contribution < -0.4 is 0 Å². The molecule has 0 aliphatic carbocycles. The number of aromatic nitrogens is 2. The van der Waals surface area contributed by atoms with E-state index >= 15 is 0 Å². The zero-order valence-corrected chi connectivity index (χ0v) is 8.64. The number of rotatable bonds is 3. The molecule has 0 unspecified atom stereocenters. The van der Waals surface area contributed by atoms with Crippen molar-refractivity contribution in [2.24, 2.45) is 0 Å². The predicted molar refractivity (Wildman–Crippen MR) is 58.3 cm³/mol. The Kier molecular flexibility index (Phi) is 2.50. The zero-order valence-electron chi connectivity index (χ0n) is 8.64. The van der Waals surface area contributed by atoms with Crippen molar-refractivity contribution in [2.45, 2.75) is 6.54 Å². The number of para-hydroxylation sites is 1. The number of nitrogens with zero attached hydrogens (tertiary/aromatic N) is 3. The Bertz CT molecular complexity index is 417. The summed E-state index contributed by atoms with van der Waals surface area (Å²) in [5.74, 6) is 0. The summed E-state index contributed by atoms with van der Waals surface area (Å²) in [7, 11) is 4.15. The number of hydrogen-bond donors (Lipinski definition) is 0.